The van der Waals surface area contributed by atoms with Gasteiger partial charge in [0.1, 0.15) is 11.5 Å². The maximum absolute atomic E-state index is 5.45. The second-order valence-corrected chi connectivity index (χ2v) is 5.65. The highest BCUT2D eigenvalue weighted by molar-refractivity contribution is 5.42. The zero-order valence-corrected chi connectivity index (χ0v) is 13.7. The molecular weight excluding hydrogens is 250 g/mol. The molecule has 0 saturated carbocycles. The van der Waals surface area contributed by atoms with Crippen LogP contribution in [0.4, 0.5) is 0 Å². The lowest BCUT2D eigenvalue weighted by Gasteiger charge is -2.24. The number of benzene rings is 1. The molecule has 0 aliphatic carbocycles. The Morgan fingerprint density at radius 2 is 1.80 bits per heavy atom. The largest absolute Gasteiger partial charge is 0.497 e. The topological polar surface area (TPSA) is 30.5 Å². The molecule has 0 radical (unpaired) electrons. The van der Waals surface area contributed by atoms with Gasteiger partial charge in [-0.1, -0.05) is 20.3 Å². The van der Waals surface area contributed by atoms with Gasteiger partial charge in [-0.25, -0.2) is 0 Å². The summed E-state index contributed by atoms with van der Waals surface area (Å²) in [5, 5.41) is 3.65. The maximum Gasteiger partial charge on any atom is 0.123 e. The van der Waals surface area contributed by atoms with Crippen LogP contribution in [0, 0.1) is 5.92 Å². The van der Waals surface area contributed by atoms with E-state index < -0.39 is 0 Å². The molecule has 0 saturated heterocycles. The molecule has 0 amide bonds. The van der Waals surface area contributed by atoms with Crippen LogP contribution >= 0.6 is 0 Å². The van der Waals surface area contributed by atoms with Crippen LogP contribution in [0.3, 0.4) is 0 Å². The minimum Gasteiger partial charge on any atom is -0.497 e. The number of nitrogens with one attached hydrogen (secondary N) is 1. The van der Waals surface area contributed by atoms with E-state index >= 15 is 0 Å². The van der Waals surface area contributed by atoms with Gasteiger partial charge >= 0.3 is 0 Å². The summed E-state index contributed by atoms with van der Waals surface area (Å²) in [6.07, 6.45) is 2.41. The molecular formula is C17H29NO2. The average Bonchev–Trinajstić information content (AvgIpc) is 2.45. The molecule has 1 N–H and O–H groups in total. The van der Waals surface area contributed by atoms with Crippen LogP contribution in [0.5, 0.6) is 11.5 Å². The first-order valence-electron chi connectivity index (χ1n) is 7.49. The molecule has 1 aromatic rings. The third-order valence-electron chi connectivity index (χ3n) is 3.89. The van der Waals surface area contributed by atoms with E-state index in [4.69, 9.17) is 9.47 Å². The van der Waals surface area contributed by atoms with Gasteiger partial charge in [0, 0.05) is 17.6 Å². The van der Waals surface area contributed by atoms with Crippen molar-refractivity contribution in [3.8, 4) is 11.5 Å². The molecule has 0 aliphatic rings. The summed E-state index contributed by atoms with van der Waals surface area (Å²) in [6, 6.07) is 6.66. The van der Waals surface area contributed by atoms with Crippen molar-refractivity contribution in [2.24, 2.45) is 5.92 Å². The molecule has 1 rings (SSSR count). The summed E-state index contributed by atoms with van der Waals surface area (Å²) >= 11 is 0. The number of ether oxygens (including phenoxy) is 2. The van der Waals surface area contributed by atoms with Gasteiger partial charge in [-0.2, -0.15) is 0 Å². The summed E-state index contributed by atoms with van der Waals surface area (Å²) in [7, 11) is 3.40. The summed E-state index contributed by atoms with van der Waals surface area (Å²) in [5.74, 6) is 2.52. The van der Waals surface area contributed by atoms with Crippen molar-refractivity contribution >= 4 is 0 Å². The van der Waals surface area contributed by atoms with Gasteiger partial charge in [-0.05, 0) is 44.4 Å². The lowest BCUT2D eigenvalue weighted by molar-refractivity contribution is 0.366. The predicted molar refractivity (Wildman–Crippen MR) is 84.6 cm³/mol. The van der Waals surface area contributed by atoms with Crippen LogP contribution in [0.2, 0.25) is 0 Å². The lowest BCUT2D eigenvalue weighted by atomic mass is 9.98. The van der Waals surface area contributed by atoms with Gasteiger partial charge in [0.15, 0.2) is 0 Å². The third-order valence-corrected chi connectivity index (χ3v) is 3.89. The van der Waals surface area contributed by atoms with Crippen molar-refractivity contribution in [3.63, 3.8) is 0 Å². The molecule has 0 fully saturated rings. The van der Waals surface area contributed by atoms with Gasteiger partial charge in [-0.15, -0.1) is 0 Å². The number of rotatable bonds is 8. The van der Waals surface area contributed by atoms with Crippen LogP contribution in [-0.4, -0.2) is 20.3 Å². The Morgan fingerprint density at radius 3 is 2.35 bits per heavy atom. The zero-order chi connectivity index (χ0) is 15.1. The maximum atomic E-state index is 5.45. The van der Waals surface area contributed by atoms with E-state index in [1.807, 2.05) is 18.2 Å². The molecule has 3 unspecified atom stereocenters. The lowest BCUT2D eigenvalue weighted by Crippen LogP contribution is -2.30. The van der Waals surface area contributed by atoms with E-state index in [2.05, 4.69) is 33.0 Å². The molecule has 114 valence electrons. The Balaban J connectivity index is 2.77. The molecule has 0 heterocycles. The van der Waals surface area contributed by atoms with Crippen LogP contribution < -0.4 is 14.8 Å². The fourth-order valence-corrected chi connectivity index (χ4v) is 2.53. The van der Waals surface area contributed by atoms with E-state index in [0.717, 1.165) is 23.0 Å². The van der Waals surface area contributed by atoms with Gasteiger partial charge in [-0.3, -0.25) is 0 Å². The summed E-state index contributed by atoms with van der Waals surface area (Å²) in [5.41, 5.74) is 1.14. The van der Waals surface area contributed by atoms with E-state index in [9.17, 15) is 0 Å². The molecule has 0 aliphatic heterocycles. The normalized spacial score (nSPS) is 15.5. The van der Waals surface area contributed by atoms with Crippen LogP contribution in [-0.2, 0) is 0 Å². The van der Waals surface area contributed by atoms with Gasteiger partial charge in [0.05, 0.1) is 14.2 Å². The second-order valence-electron chi connectivity index (χ2n) is 5.65. The minimum absolute atomic E-state index is 0.235. The highest BCUT2D eigenvalue weighted by Gasteiger charge is 2.16. The smallest absolute Gasteiger partial charge is 0.123 e. The quantitative estimate of drug-likeness (QED) is 0.774. The van der Waals surface area contributed by atoms with E-state index in [1.165, 1.54) is 12.8 Å². The van der Waals surface area contributed by atoms with E-state index in [-0.39, 0.29) is 6.04 Å². The Morgan fingerprint density at radius 1 is 1.10 bits per heavy atom. The SMILES string of the molecule is CCC(C)CC(C)NC(C)c1cc(OC)ccc1OC. The van der Waals surface area contributed by atoms with Gasteiger partial charge in [0.25, 0.3) is 0 Å². The first kappa shape index (κ1) is 16.8. The molecule has 20 heavy (non-hydrogen) atoms. The van der Waals surface area contributed by atoms with E-state index in [0.29, 0.717) is 6.04 Å². The Labute approximate surface area is 123 Å². The molecule has 3 atom stereocenters. The van der Waals surface area contributed by atoms with Crippen molar-refractivity contribution in [2.75, 3.05) is 14.2 Å². The zero-order valence-electron chi connectivity index (χ0n) is 13.7. The Kier molecular flexibility index (Phi) is 6.86. The molecule has 0 spiro atoms. The average molecular weight is 279 g/mol. The van der Waals surface area contributed by atoms with E-state index in [1.54, 1.807) is 14.2 Å². The highest BCUT2D eigenvalue weighted by Crippen LogP contribution is 2.29. The van der Waals surface area contributed by atoms with Gasteiger partial charge in [0.2, 0.25) is 0 Å². The first-order chi connectivity index (χ1) is 9.51. The molecule has 1 aromatic carbocycles. The molecule has 0 aromatic heterocycles. The summed E-state index contributed by atoms with van der Waals surface area (Å²) in [4.78, 5) is 0. The van der Waals surface area contributed by atoms with Crippen LogP contribution in [0.1, 0.15) is 52.1 Å². The summed E-state index contributed by atoms with van der Waals surface area (Å²) < 4.78 is 10.8. The highest BCUT2D eigenvalue weighted by atomic mass is 16.5. The second kappa shape index (κ2) is 8.15. The van der Waals surface area contributed by atoms with Crippen molar-refractivity contribution in [1.29, 1.82) is 0 Å². The standard InChI is InChI=1S/C17H29NO2/c1-7-12(2)10-13(3)18-14(4)16-11-15(19-5)8-9-17(16)20-6/h8-9,11-14,18H,7,10H2,1-6H3. The van der Waals surface area contributed by atoms with Crippen molar-refractivity contribution in [3.05, 3.63) is 23.8 Å². The molecule has 3 nitrogen and oxygen atoms in total. The number of hydrogen-bond donors (Lipinski definition) is 1. The van der Waals surface area contributed by atoms with Crippen molar-refractivity contribution in [2.45, 2.75) is 52.6 Å². The monoisotopic (exact) mass is 279 g/mol. The van der Waals surface area contributed by atoms with Crippen LogP contribution in [0.25, 0.3) is 0 Å². The minimum atomic E-state index is 0.235. The van der Waals surface area contributed by atoms with Gasteiger partial charge < -0.3 is 14.8 Å². The number of hydrogen-bond acceptors (Lipinski definition) is 3. The molecule has 3 heteroatoms. The summed E-state index contributed by atoms with van der Waals surface area (Å²) in [6.45, 7) is 8.96. The number of methoxy groups -OCH3 is 2. The fourth-order valence-electron chi connectivity index (χ4n) is 2.53. The predicted octanol–water partition coefficient (Wildman–Crippen LogP) is 4.18. The fraction of sp³-hybridized carbons (Fsp3) is 0.647. The third kappa shape index (κ3) is 4.71. The van der Waals surface area contributed by atoms with Crippen molar-refractivity contribution < 1.29 is 9.47 Å². The Hall–Kier alpha value is -1.22. The molecule has 0 bridgehead atoms. The first-order valence-corrected chi connectivity index (χ1v) is 7.49. The Bertz CT molecular complexity index is 406. The van der Waals surface area contributed by atoms with Crippen LogP contribution in [0.15, 0.2) is 18.2 Å². The van der Waals surface area contributed by atoms with Crippen molar-refractivity contribution in [1.82, 2.24) is 5.32 Å².